The van der Waals surface area contributed by atoms with E-state index in [1.807, 2.05) is 0 Å². The third-order valence-corrected chi connectivity index (χ3v) is 4.11. The van der Waals surface area contributed by atoms with E-state index in [-0.39, 0.29) is 29.6 Å². The average Bonchev–Trinajstić information content (AvgIpc) is 2.53. The van der Waals surface area contributed by atoms with Crippen molar-refractivity contribution < 1.29 is 39.3 Å². The topological polar surface area (TPSA) is 52.6 Å². The number of alkyl halides is 5. The van der Waals surface area contributed by atoms with E-state index in [9.17, 15) is 30.4 Å². The monoisotopic (exact) mass is 405 g/mol. The molecule has 2 rings (SSSR count). The van der Waals surface area contributed by atoms with Crippen LogP contribution in [0.4, 0.5) is 22.0 Å². The minimum Gasteiger partial charge on any atom is -0.484 e. The molecule has 1 radical (unpaired) electrons. The molecule has 0 saturated carbocycles. The predicted octanol–water partition coefficient (Wildman–Crippen LogP) is 3.74. The van der Waals surface area contributed by atoms with Crippen LogP contribution in [0.5, 0.6) is 11.5 Å². The quantitative estimate of drug-likeness (QED) is 0.418. The van der Waals surface area contributed by atoms with Crippen LogP contribution in [0.1, 0.15) is 5.56 Å². The van der Waals surface area contributed by atoms with Gasteiger partial charge in [0.15, 0.2) is 11.5 Å². The summed E-state index contributed by atoms with van der Waals surface area (Å²) in [6, 6.07) is 8.79. The summed E-state index contributed by atoms with van der Waals surface area (Å²) >= 11 is 0. The Morgan fingerprint density at radius 2 is 1.58 bits per heavy atom. The normalized spacial score (nSPS) is 11.8. The minimum absolute atomic E-state index is 0. The molecule has 0 heterocycles. The van der Waals surface area contributed by atoms with Crippen LogP contribution in [0.2, 0.25) is 0 Å². The molecule has 11 heteroatoms. The summed E-state index contributed by atoms with van der Waals surface area (Å²) in [6.07, 6.45) is -7.95. The maximum atomic E-state index is 13.1. The van der Waals surface area contributed by atoms with Gasteiger partial charge in [0, 0.05) is 29.6 Å². The zero-order valence-electron chi connectivity index (χ0n) is 13.3. The van der Waals surface area contributed by atoms with E-state index in [2.05, 4.69) is 8.92 Å². The molecule has 4 nitrogen and oxygen atoms in total. The van der Waals surface area contributed by atoms with Gasteiger partial charge >= 0.3 is 16.3 Å². The van der Waals surface area contributed by atoms with Gasteiger partial charge in [-0.15, -0.1) is 0 Å². The Morgan fingerprint density at radius 1 is 0.962 bits per heavy atom. The van der Waals surface area contributed by atoms with Crippen LogP contribution >= 0.6 is 0 Å². The number of hydrogen-bond donors (Lipinski definition) is 0. The standard InChI is InChI=1S/C15H11F5O4S.Na/c16-13(17)9-23-12-8-4-7-11(15(18,19)20)14(12)24-25(21,22)10-5-2-1-3-6-10;/h1-8,13H,9H2;. The van der Waals surface area contributed by atoms with Gasteiger partial charge in [0.2, 0.25) is 0 Å². The molecule has 0 saturated heterocycles. The largest absolute Gasteiger partial charge is 0.484 e. The summed E-state index contributed by atoms with van der Waals surface area (Å²) < 4.78 is 97.5. The molecule has 0 atom stereocenters. The van der Waals surface area contributed by atoms with Crippen molar-refractivity contribution in [3.8, 4) is 11.5 Å². The Labute approximate surface area is 168 Å². The Morgan fingerprint density at radius 3 is 2.12 bits per heavy atom. The Balaban J connectivity index is 0.00000338. The summed E-state index contributed by atoms with van der Waals surface area (Å²) in [5, 5.41) is 0. The van der Waals surface area contributed by atoms with Crippen LogP contribution in [0.25, 0.3) is 0 Å². The van der Waals surface area contributed by atoms with Gasteiger partial charge in [-0.05, 0) is 24.3 Å². The van der Waals surface area contributed by atoms with Gasteiger partial charge in [-0.3, -0.25) is 0 Å². The number of para-hydroxylation sites is 1. The first kappa shape index (κ1) is 22.7. The van der Waals surface area contributed by atoms with Crippen molar-refractivity contribution in [1.82, 2.24) is 0 Å². The molecule has 0 aromatic heterocycles. The molecule has 0 aliphatic carbocycles. The van der Waals surface area contributed by atoms with Crippen LogP contribution in [-0.4, -0.2) is 51.0 Å². The molecule has 0 spiro atoms. The third kappa shape index (κ3) is 5.83. The number of rotatable bonds is 6. The first-order chi connectivity index (χ1) is 11.6. The summed E-state index contributed by atoms with van der Waals surface area (Å²) in [5.41, 5.74) is -1.46. The van der Waals surface area contributed by atoms with Crippen LogP contribution in [0, 0.1) is 0 Å². The molecule has 0 bridgehead atoms. The fraction of sp³-hybridized carbons (Fsp3) is 0.200. The van der Waals surface area contributed by atoms with Crippen molar-refractivity contribution in [3.05, 3.63) is 54.1 Å². The maximum absolute atomic E-state index is 13.1. The summed E-state index contributed by atoms with van der Waals surface area (Å²) in [5.74, 6) is -1.95. The van der Waals surface area contributed by atoms with E-state index < -0.39 is 51.3 Å². The summed E-state index contributed by atoms with van der Waals surface area (Å²) in [4.78, 5) is -0.396. The van der Waals surface area contributed by atoms with E-state index in [0.717, 1.165) is 24.3 Å². The zero-order valence-corrected chi connectivity index (χ0v) is 16.2. The molecule has 0 aliphatic heterocycles. The molecule has 0 fully saturated rings. The second kappa shape index (κ2) is 9.03. The third-order valence-electron chi connectivity index (χ3n) is 2.87. The molecule has 0 unspecified atom stereocenters. The number of hydrogen-bond acceptors (Lipinski definition) is 4. The van der Waals surface area contributed by atoms with Gasteiger partial charge in [-0.2, -0.15) is 21.6 Å². The number of ether oxygens (including phenoxy) is 1. The molecule has 26 heavy (non-hydrogen) atoms. The van der Waals surface area contributed by atoms with Crippen molar-refractivity contribution >= 4 is 39.7 Å². The van der Waals surface area contributed by atoms with E-state index in [0.29, 0.717) is 6.07 Å². The molecule has 2 aromatic carbocycles. The maximum Gasteiger partial charge on any atom is 0.420 e. The smallest absolute Gasteiger partial charge is 0.420 e. The van der Waals surface area contributed by atoms with Crippen LogP contribution in [0.15, 0.2) is 53.4 Å². The van der Waals surface area contributed by atoms with Crippen LogP contribution in [-0.2, 0) is 16.3 Å². The van der Waals surface area contributed by atoms with Gasteiger partial charge in [-0.25, -0.2) is 8.78 Å². The van der Waals surface area contributed by atoms with E-state index in [1.54, 1.807) is 0 Å². The van der Waals surface area contributed by atoms with Crippen LogP contribution in [0.3, 0.4) is 0 Å². The van der Waals surface area contributed by atoms with E-state index in [1.165, 1.54) is 18.2 Å². The molecule has 137 valence electrons. The number of benzene rings is 2. The molecular weight excluding hydrogens is 394 g/mol. The molecular formula is C15H11F5NaO4S. The van der Waals surface area contributed by atoms with Crippen LogP contribution < -0.4 is 8.92 Å². The molecule has 0 aliphatic rings. The van der Waals surface area contributed by atoms with Gasteiger partial charge in [0.1, 0.15) is 17.1 Å². The first-order valence-electron chi connectivity index (χ1n) is 6.72. The Kier molecular flexibility index (Phi) is 7.87. The van der Waals surface area contributed by atoms with Gasteiger partial charge in [-0.1, -0.05) is 24.3 Å². The Hall–Kier alpha value is -1.36. The predicted molar refractivity (Wildman–Crippen MR) is 83.0 cm³/mol. The van der Waals surface area contributed by atoms with Crippen molar-refractivity contribution in [2.45, 2.75) is 17.5 Å². The van der Waals surface area contributed by atoms with Gasteiger partial charge in [0.25, 0.3) is 6.43 Å². The van der Waals surface area contributed by atoms with E-state index >= 15 is 0 Å². The van der Waals surface area contributed by atoms with Crippen molar-refractivity contribution in [1.29, 1.82) is 0 Å². The SMILES string of the molecule is O=S(=O)(Oc1c(OCC(F)F)cccc1C(F)(F)F)c1ccccc1.[Na]. The molecule has 2 aromatic rings. The first-order valence-corrected chi connectivity index (χ1v) is 8.13. The van der Waals surface area contributed by atoms with Gasteiger partial charge < -0.3 is 8.92 Å². The molecule has 0 amide bonds. The summed E-state index contributed by atoms with van der Waals surface area (Å²) in [6.45, 7) is -1.22. The van der Waals surface area contributed by atoms with Gasteiger partial charge in [0.05, 0.1) is 0 Å². The summed E-state index contributed by atoms with van der Waals surface area (Å²) in [7, 11) is -4.62. The minimum atomic E-state index is -4.98. The van der Waals surface area contributed by atoms with Crippen molar-refractivity contribution in [2.75, 3.05) is 6.61 Å². The van der Waals surface area contributed by atoms with Crippen molar-refractivity contribution in [3.63, 3.8) is 0 Å². The Bertz CT molecular complexity index is 826. The zero-order chi connectivity index (χ0) is 18.7. The van der Waals surface area contributed by atoms with Crippen molar-refractivity contribution in [2.24, 2.45) is 0 Å². The van der Waals surface area contributed by atoms with E-state index in [4.69, 9.17) is 0 Å². The fourth-order valence-corrected chi connectivity index (χ4v) is 2.81. The number of halogens is 5. The fourth-order valence-electron chi connectivity index (χ4n) is 1.84. The molecule has 0 N–H and O–H groups in total. The second-order valence-electron chi connectivity index (χ2n) is 4.68. The average molecular weight is 405 g/mol. The second-order valence-corrected chi connectivity index (χ2v) is 6.23.